The fourth-order valence-electron chi connectivity index (χ4n) is 5.55. The van der Waals surface area contributed by atoms with Crippen LogP contribution in [0.15, 0.2) is 24.4 Å². The van der Waals surface area contributed by atoms with E-state index >= 15 is 0 Å². The van der Waals surface area contributed by atoms with Crippen LogP contribution in [0.25, 0.3) is 0 Å². The van der Waals surface area contributed by atoms with Crippen LogP contribution < -0.4 is 25.2 Å². The van der Waals surface area contributed by atoms with E-state index in [1.807, 2.05) is 6.07 Å². The molecule has 0 spiro atoms. The van der Waals surface area contributed by atoms with Crippen molar-refractivity contribution in [2.75, 3.05) is 56.0 Å². The van der Waals surface area contributed by atoms with Crippen molar-refractivity contribution in [2.24, 2.45) is 0 Å². The highest BCUT2D eigenvalue weighted by Crippen LogP contribution is 2.37. The number of likely N-dealkylation sites (tertiary alicyclic amines) is 1. The lowest BCUT2D eigenvalue weighted by molar-refractivity contribution is -0.118. The number of methoxy groups -OCH3 is 1. The Morgan fingerprint density at radius 2 is 1.82 bits per heavy atom. The monoisotopic (exact) mass is 547 g/mol. The van der Waals surface area contributed by atoms with Crippen molar-refractivity contribution in [1.29, 1.82) is 0 Å². The molecule has 2 aromatic rings. The van der Waals surface area contributed by atoms with Gasteiger partial charge >= 0.3 is 0 Å². The standard InChI is InChI=1S/C27H37N7O3.C3H4/c1-32-13-10-19(11-14-32)29-26(36)18-8-9-21(23(16-18)37-3)30-27-28-17-22-25(31-27)34(20-6-4-5-7-20)15-12-24(35)33(22)2;1-3-2/h8-9,16-17,19-20H,4-7,10-15H2,1-3H3,(H,29,36)(H,28,30,31);1H,2H3. The third-order valence-corrected chi connectivity index (χ3v) is 7.85. The van der Waals surface area contributed by atoms with Gasteiger partial charge in [-0.2, -0.15) is 4.98 Å². The van der Waals surface area contributed by atoms with E-state index in [1.54, 1.807) is 44.3 Å². The first-order valence-corrected chi connectivity index (χ1v) is 14.1. The molecule has 2 aliphatic heterocycles. The van der Waals surface area contributed by atoms with E-state index < -0.39 is 0 Å². The zero-order valence-corrected chi connectivity index (χ0v) is 24.1. The summed E-state index contributed by atoms with van der Waals surface area (Å²) in [5, 5.41) is 6.42. The molecule has 10 nitrogen and oxygen atoms in total. The van der Waals surface area contributed by atoms with Gasteiger partial charge in [0.25, 0.3) is 5.91 Å². The van der Waals surface area contributed by atoms with Gasteiger partial charge in [0.15, 0.2) is 5.82 Å². The Balaban J connectivity index is 0.00000118. The fraction of sp³-hybridized carbons (Fsp3) is 0.533. The van der Waals surface area contributed by atoms with Crippen molar-refractivity contribution < 1.29 is 14.3 Å². The van der Waals surface area contributed by atoms with Crippen LogP contribution in [-0.2, 0) is 4.79 Å². The van der Waals surface area contributed by atoms with Gasteiger partial charge in [-0.25, -0.2) is 4.98 Å². The van der Waals surface area contributed by atoms with Gasteiger partial charge in [-0.15, -0.1) is 12.3 Å². The number of hydrogen-bond donors (Lipinski definition) is 2. The summed E-state index contributed by atoms with van der Waals surface area (Å²) in [6, 6.07) is 5.93. The van der Waals surface area contributed by atoms with Crippen LogP contribution in [-0.4, -0.2) is 79.6 Å². The molecule has 2 fully saturated rings. The minimum atomic E-state index is -0.0967. The van der Waals surface area contributed by atoms with Gasteiger partial charge in [-0.3, -0.25) is 9.59 Å². The lowest BCUT2D eigenvalue weighted by atomic mass is 10.0. The van der Waals surface area contributed by atoms with E-state index in [0.29, 0.717) is 42.0 Å². The molecular weight excluding hydrogens is 506 g/mol. The molecule has 0 radical (unpaired) electrons. The van der Waals surface area contributed by atoms with Crippen molar-refractivity contribution in [1.82, 2.24) is 20.2 Å². The number of amides is 2. The second-order valence-corrected chi connectivity index (χ2v) is 10.6. The first-order chi connectivity index (χ1) is 19.3. The number of nitrogens with zero attached hydrogens (tertiary/aromatic N) is 5. The molecule has 1 aromatic carbocycles. The predicted octanol–water partition coefficient (Wildman–Crippen LogP) is 3.81. The average molecular weight is 548 g/mol. The average Bonchev–Trinajstić information content (AvgIpc) is 3.46. The largest absolute Gasteiger partial charge is 0.495 e. The van der Waals surface area contributed by atoms with E-state index in [9.17, 15) is 9.59 Å². The summed E-state index contributed by atoms with van der Waals surface area (Å²) in [5.41, 5.74) is 1.95. The number of nitrogens with one attached hydrogen (secondary N) is 2. The van der Waals surface area contributed by atoms with Gasteiger partial charge in [0.1, 0.15) is 11.4 Å². The molecule has 3 heterocycles. The smallest absolute Gasteiger partial charge is 0.251 e. The number of rotatable bonds is 6. The molecule has 5 rings (SSSR count). The lowest BCUT2D eigenvalue weighted by Crippen LogP contribution is -2.43. The van der Waals surface area contributed by atoms with Crippen LogP contribution >= 0.6 is 0 Å². The first-order valence-electron chi connectivity index (χ1n) is 14.1. The molecule has 214 valence electrons. The molecule has 0 bridgehead atoms. The van der Waals surface area contributed by atoms with Crippen LogP contribution in [0.1, 0.15) is 62.2 Å². The van der Waals surface area contributed by atoms with Crippen LogP contribution in [0.5, 0.6) is 5.75 Å². The zero-order chi connectivity index (χ0) is 28.6. The summed E-state index contributed by atoms with van der Waals surface area (Å²) in [6.07, 6.45) is 13.3. The SMILES string of the molecule is C#CC.COc1cc(C(=O)NC2CCN(C)CC2)ccc1Nc1ncc2c(n1)N(C1CCCC1)CCC(=O)N2C. The summed E-state index contributed by atoms with van der Waals surface area (Å²) in [6.45, 7) is 4.28. The Morgan fingerprint density at radius 1 is 1.12 bits per heavy atom. The highest BCUT2D eigenvalue weighted by molar-refractivity contribution is 5.97. The number of terminal acetylenes is 1. The number of hydrogen-bond acceptors (Lipinski definition) is 8. The van der Waals surface area contributed by atoms with Gasteiger partial charge in [-0.05, 0) is 70.9 Å². The molecule has 40 heavy (non-hydrogen) atoms. The van der Waals surface area contributed by atoms with Crippen molar-refractivity contribution in [3.05, 3.63) is 30.0 Å². The van der Waals surface area contributed by atoms with E-state index in [1.165, 1.54) is 12.8 Å². The van der Waals surface area contributed by atoms with E-state index in [2.05, 4.69) is 44.8 Å². The lowest BCUT2D eigenvalue weighted by Gasteiger charge is -2.30. The third-order valence-electron chi connectivity index (χ3n) is 7.85. The summed E-state index contributed by atoms with van der Waals surface area (Å²) < 4.78 is 5.61. The molecule has 1 saturated carbocycles. The number of carbonyl (C=O) groups is 2. The molecule has 1 aromatic heterocycles. The molecule has 10 heteroatoms. The number of ether oxygens (including phenoxy) is 1. The summed E-state index contributed by atoms with van der Waals surface area (Å²) >= 11 is 0. The first kappa shape index (κ1) is 29.2. The zero-order valence-electron chi connectivity index (χ0n) is 24.1. The maximum absolute atomic E-state index is 12.9. The summed E-state index contributed by atoms with van der Waals surface area (Å²) in [7, 11) is 5.47. The Labute approximate surface area is 237 Å². The van der Waals surface area contributed by atoms with Crippen molar-refractivity contribution in [3.8, 4) is 18.1 Å². The Kier molecular flexibility index (Phi) is 9.83. The number of benzene rings is 1. The maximum Gasteiger partial charge on any atom is 0.251 e. The van der Waals surface area contributed by atoms with Crippen molar-refractivity contribution in [2.45, 2.75) is 64.0 Å². The molecule has 1 saturated heterocycles. The van der Waals surface area contributed by atoms with Crippen molar-refractivity contribution >= 4 is 35.0 Å². The minimum absolute atomic E-state index is 0.0711. The van der Waals surface area contributed by atoms with Crippen molar-refractivity contribution in [3.63, 3.8) is 0 Å². The molecule has 3 aliphatic rings. The molecule has 2 N–H and O–H groups in total. The Morgan fingerprint density at radius 3 is 2.50 bits per heavy atom. The third kappa shape index (κ3) is 6.83. The molecular formula is C30H41N7O3. The number of aromatic nitrogens is 2. The second-order valence-electron chi connectivity index (χ2n) is 10.6. The van der Waals surface area contributed by atoms with Gasteiger partial charge in [0.2, 0.25) is 11.9 Å². The quantitative estimate of drug-likeness (QED) is 0.527. The van der Waals surface area contributed by atoms with Crippen LogP contribution in [0.3, 0.4) is 0 Å². The number of carbonyl (C=O) groups excluding carboxylic acids is 2. The maximum atomic E-state index is 12.9. The Bertz CT molecular complexity index is 1230. The van der Waals surface area contributed by atoms with Gasteiger partial charge in [-0.1, -0.05) is 12.8 Å². The van der Waals surface area contributed by atoms with E-state index in [-0.39, 0.29) is 17.9 Å². The minimum Gasteiger partial charge on any atom is -0.495 e. The normalized spacial score (nSPS) is 18.2. The molecule has 0 atom stereocenters. The number of fused-ring (bicyclic) bond motifs is 1. The fourth-order valence-corrected chi connectivity index (χ4v) is 5.55. The second kappa shape index (κ2) is 13.5. The summed E-state index contributed by atoms with van der Waals surface area (Å²) in [4.78, 5) is 41.1. The molecule has 1 aliphatic carbocycles. The van der Waals surface area contributed by atoms with Crippen LogP contribution in [0.4, 0.5) is 23.1 Å². The predicted molar refractivity (Wildman–Crippen MR) is 158 cm³/mol. The van der Waals surface area contributed by atoms with Gasteiger partial charge in [0.05, 0.1) is 19.0 Å². The van der Waals surface area contributed by atoms with E-state index in [0.717, 1.165) is 50.3 Å². The van der Waals surface area contributed by atoms with E-state index in [4.69, 9.17) is 9.72 Å². The number of piperidine rings is 1. The Hall–Kier alpha value is -3.84. The molecule has 2 amide bonds. The van der Waals surface area contributed by atoms with Crippen LogP contribution in [0.2, 0.25) is 0 Å². The van der Waals surface area contributed by atoms with Gasteiger partial charge < -0.3 is 30.1 Å². The highest BCUT2D eigenvalue weighted by atomic mass is 16.5. The molecule has 0 unspecified atom stereocenters. The van der Waals surface area contributed by atoms with Crippen LogP contribution in [0, 0.1) is 12.3 Å². The summed E-state index contributed by atoms with van der Waals surface area (Å²) in [5.74, 6) is 3.97. The number of anilines is 4. The topological polar surface area (TPSA) is 103 Å². The highest BCUT2D eigenvalue weighted by Gasteiger charge is 2.31. The van der Waals surface area contributed by atoms with Gasteiger partial charge in [0, 0.05) is 37.7 Å².